The summed E-state index contributed by atoms with van der Waals surface area (Å²) in [6, 6.07) is 5.65. The average molecular weight is 291 g/mol. The molecule has 0 aliphatic rings. The van der Waals surface area contributed by atoms with Gasteiger partial charge in [0.05, 0.1) is 6.10 Å². The molecule has 21 heavy (non-hydrogen) atoms. The van der Waals surface area contributed by atoms with E-state index in [1.807, 2.05) is 13.8 Å². The van der Waals surface area contributed by atoms with Gasteiger partial charge < -0.3 is 10.5 Å². The SMILES string of the molecule is CCC(CC)Oc1ccc(F)cc1N/N=C(\C#N)C(=N)N. The lowest BCUT2D eigenvalue weighted by Gasteiger charge is -2.18. The number of rotatable bonds is 7. The standard InChI is InChI=1S/C14H18FN5O/c1-3-10(4-2)21-13-6-5-9(15)7-11(13)19-20-12(8-16)14(17)18/h5-7,10,19H,3-4H2,1-2H3,(H3,17,18)/b20-12+. The van der Waals surface area contributed by atoms with Crippen LogP contribution in [0.3, 0.4) is 0 Å². The maximum Gasteiger partial charge on any atom is 0.201 e. The summed E-state index contributed by atoms with van der Waals surface area (Å²) in [5, 5.41) is 19.6. The molecule has 0 unspecified atom stereocenters. The number of anilines is 1. The number of ether oxygens (including phenoxy) is 1. The number of benzene rings is 1. The summed E-state index contributed by atoms with van der Waals surface area (Å²) in [5.41, 5.74) is 7.70. The van der Waals surface area contributed by atoms with Crippen LogP contribution in [0.4, 0.5) is 10.1 Å². The number of hydrogen-bond donors (Lipinski definition) is 3. The van der Waals surface area contributed by atoms with Gasteiger partial charge in [0.1, 0.15) is 23.3 Å². The molecule has 0 aromatic heterocycles. The quantitative estimate of drug-likeness (QED) is 0.407. The molecular formula is C14H18FN5O. The molecule has 112 valence electrons. The van der Waals surface area contributed by atoms with Gasteiger partial charge in [0.2, 0.25) is 5.71 Å². The maximum absolute atomic E-state index is 13.3. The Morgan fingerprint density at radius 1 is 1.52 bits per heavy atom. The van der Waals surface area contributed by atoms with Crippen molar-refractivity contribution < 1.29 is 9.13 Å². The lowest BCUT2D eigenvalue weighted by Crippen LogP contribution is -2.22. The monoisotopic (exact) mass is 291 g/mol. The summed E-state index contributed by atoms with van der Waals surface area (Å²) in [4.78, 5) is 0. The van der Waals surface area contributed by atoms with E-state index in [4.69, 9.17) is 21.1 Å². The minimum Gasteiger partial charge on any atom is -0.488 e. The summed E-state index contributed by atoms with van der Waals surface area (Å²) < 4.78 is 19.1. The van der Waals surface area contributed by atoms with Gasteiger partial charge in [-0.15, -0.1) is 0 Å². The predicted molar refractivity (Wildman–Crippen MR) is 80.0 cm³/mol. The molecule has 0 spiro atoms. The second-order valence-corrected chi connectivity index (χ2v) is 4.29. The number of nitrogens with two attached hydrogens (primary N) is 1. The Bertz CT molecular complexity index is 575. The number of nitriles is 1. The van der Waals surface area contributed by atoms with Crippen molar-refractivity contribution in [1.82, 2.24) is 0 Å². The fourth-order valence-corrected chi connectivity index (χ4v) is 1.59. The van der Waals surface area contributed by atoms with Crippen LogP contribution in [0.1, 0.15) is 26.7 Å². The zero-order chi connectivity index (χ0) is 15.8. The smallest absolute Gasteiger partial charge is 0.201 e. The van der Waals surface area contributed by atoms with Crippen LogP contribution < -0.4 is 15.9 Å². The van der Waals surface area contributed by atoms with Crippen LogP contribution in [0.15, 0.2) is 23.3 Å². The van der Waals surface area contributed by atoms with Gasteiger partial charge >= 0.3 is 0 Å². The summed E-state index contributed by atoms with van der Waals surface area (Å²) in [7, 11) is 0. The minimum absolute atomic E-state index is 0.00300. The van der Waals surface area contributed by atoms with Crippen molar-refractivity contribution in [2.24, 2.45) is 10.8 Å². The van der Waals surface area contributed by atoms with Crippen LogP contribution in [0.5, 0.6) is 5.75 Å². The Balaban J connectivity index is 3.02. The molecule has 0 aliphatic carbocycles. The van der Waals surface area contributed by atoms with Gasteiger partial charge in [-0.1, -0.05) is 13.8 Å². The molecule has 4 N–H and O–H groups in total. The van der Waals surface area contributed by atoms with Crippen molar-refractivity contribution in [1.29, 1.82) is 10.7 Å². The molecule has 0 bridgehead atoms. The zero-order valence-electron chi connectivity index (χ0n) is 12.0. The Morgan fingerprint density at radius 2 is 2.19 bits per heavy atom. The van der Waals surface area contributed by atoms with Gasteiger partial charge in [-0.25, -0.2) is 4.39 Å². The third-order valence-electron chi connectivity index (χ3n) is 2.80. The molecule has 0 radical (unpaired) electrons. The van der Waals surface area contributed by atoms with Crippen LogP contribution in [-0.2, 0) is 0 Å². The lowest BCUT2D eigenvalue weighted by atomic mass is 10.2. The summed E-state index contributed by atoms with van der Waals surface area (Å²) >= 11 is 0. The van der Waals surface area contributed by atoms with Crippen molar-refractivity contribution in [3.8, 4) is 11.8 Å². The van der Waals surface area contributed by atoms with E-state index >= 15 is 0 Å². The average Bonchev–Trinajstić information content (AvgIpc) is 2.46. The normalized spacial score (nSPS) is 11.1. The van der Waals surface area contributed by atoms with Crippen molar-refractivity contribution in [2.75, 3.05) is 5.43 Å². The zero-order valence-corrected chi connectivity index (χ0v) is 12.0. The second kappa shape index (κ2) is 7.85. The van der Waals surface area contributed by atoms with Crippen molar-refractivity contribution in [2.45, 2.75) is 32.8 Å². The molecule has 0 fully saturated rings. The number of nitrogens with zero attached hydrogens (tertiary/aromatic N) is 2. The van der Waals surface area contributed by atoms with Crippen molar-refractivity contribution >= 4 is 17.2 Å². The Kier molecular flexibility index (Phi) is 6.14. The molecular weight excluding hydrogens is 273 g/mol. The van der Waals surface area contributed by atoms with Gasteiger partial charge in [0.15, 0.2) is 5.84 Å². The summed E-state index contributed by atoms with van der Waals surface area (Å²) in [5.74, 6) is -0.510. The first-order chi connectivity index (χ1) is 10.0. The molecule has 1 aromatic rings. The first kappa shape index (κ1) is 16.4. The second-order valence-electron chi connectivity index (χ2n) is 4.29. The number of hydrogen-bond acceptors (Lipinski definition) is 5. The van der Waals surface area contributed by atoms with Crippen LogP contribution in [0, 0.1) is 22.6 Å². The van der Waals surface area contributed by atoms with Crippen molar-refractivity contribution in [3.05, 3.63) is 24.0 Å². The van der Waals surface area contributed by atoms with E-state index in [1.54, 1.807) is 6.07 Å². The van der Waals surface area contributed by atoms with E-state index in [-0.39, 0.29) is 17.5 Å². The first-order valence-electron chi connectivity index (χ1n) is 6.56. The number of amidine groups is 1. The molecule has 7 heteroatoms. The van der Waals surface area contributed by atoms with Gasteiger partial charge in [0.25, 0.3) is 0 Å². The van der Waals surface area contributed by atoms with Gasteiger partial charge in [-0.2, -0.15) is 10.4 Å². The summed E-state index contributed by atoms with van der Waals surface area (Å²) in [6.45, 7) is 3.99. The highest BCUT2D eigenvalue weighted by molar-refractivity contribution is 6.45. The molecule has 1 rings (SSSR count). The highest BCUT2D eigenvalue weighted by atomic mass is 19.1. The lowest BCUT2D eigenvalue weighted by molar-refractivity contribution is 0.194. The Morgan fingerprint density at radius 3 is 2.71 bits per heavy atom. The molecule has 0 saturated carbocycles. The van der Waals surface area contributed by atoms with Crippen molar-refractivity contribution in [3.63, 3.8) is 0 Å². The molecule has 6 nitrogen and oxygen atoms in total. The van der Waals surface area contributed by atoms with Gasteiger partial charge in [0, 0.05) is 6.07 Å². The summed E-state index contributed by atoms with van der Waals surface area (Å²) in [6.07, 6.45) is 1.63. The maximum atomic E-state index is 13.3. The Labute approximate surface area is 122 Å². The molecule has 0 amide bonds. The molecule has 0 heterocycles. The Hall–Kier alpha value is -2.62. The first-order valence-corrected chi connectivity index (χ1v) is 6.56. The molecule has 0 atom stereocenters. The fourth-order valence-electron chi connectivity index (χ4n) is 1.59. The van der Waals surface area contributed by atoms with Gasteiger partial charge in [-0.05, 0) is 25.0 Å². The van der Waals surface area contributed by atoms with E-state index in [2.05, 4.69) is 10.5 Å². The van der Waals surface area contributed by atoms with Crippen LogP contribution in [-0.4, -0.2) is 17.7 Å². The largest absolute Gasteiger partial charge is 0.488 e. The van der Waals surface area contributed by atoms with E-state index in [9.17, 15) is 4.39 Å². The number of nitrogens with one attached hydrogen (secondary N) is 2. The van der Waals surface area contributed by atoms with E-state index in [0.29, 0.717) is 5.75 Å². The topological polar surface area (TPSA) is 107 Å². The van der Waals surface area contributed by atoms with Crippen LogP contribution in [0.2, 0.25) is 0 Å². The van der Waals surface area contributed by atoms with E-state index in [1.165, 1.54) is 18.2 Å². The number of halogens is 1. The predicted octanol–water partition coefficient (Wildman–Crippen LogP) is 2.62. The minimum atomic E-state index is -0.469. The van der Waals surface area contributed by atoms with Gasteiger partial charge in [-0.3, -0.25) is 10.8 Å². The third kappa shape index (κ3) is 4.76. The highest BCUT2D eigenvalue weighted by Gasteiger charge is 2.11. The fraction of sp³-hybridized carbons (Fsp3) is 0.357. The molecule has 0 aliphatic heterocycles. The van der Waals surface area contributed by atoms with E-state index in [0.717, 1.165) is 12.8 Å². The third-order valence-corrected chi connectivity index (χ3v) is 2.80. The molecule has 0 saturated heterocycles. The highest BCUT2D eigenvalue weighted by Crippen LogP contribution is 2.27. The van der Waals surface area contributed by atoms with Crippen LogP contribution in [0.25, 0.3) is 0 Å². The number of hydrazone groups is 1. The van der Waals surface area contributed by atoms with E-state index < -0.39 is 11.7 Å². The van der Waals surface area contributed by atoms with Crippen LogP contribution >= 0.6 is 0 Å². The molecule has 1 aromatic carbocycles.